The van der Waals surface area contributed by atoms with Gasteiger partial charge in [0.15, 0.2) is 24.4 Å². The van der Waals surface area contributed by atoms with Gasteiger partial charge in [-0.3, -0.25) is 4.79 Å². The first-order valence-electron chi connectivity index (χ1n) is 4.68. The van der Waals surface area contributed by atoms with Gasteiger partial charge in [0.2, 0.25) is 0 Å². The van der Waals surface area contributed by atoms with E-state index in [1.54, 1.807) is 0 Å². The molecule has 0 aliphatic rings. The zero-order valence-corrected chi connectivity index (χ0v) is 9.43. The molecule has 0 bridgehead atoms. The topological polar surface area (TPSA) is 82.1 Å². The lowest BCUT2D eigenvalue weighted by Crippen LogP contribution is -2.11. The molecular weight excluding hydrogens is 228 g/mol. The van der Waals surface area contributed by atoms with Crippen molar-refractivity contribution in [3.05, 3.63) is 17.7 Å². The number of aldehydes is 1. The van der Waals surface area contributed by atoms with E-state index in [-0.39, 0.29) is 17.1 Å². The van der Waals surface area contributed by atoms with E-state index in [2.05, 4.69) is 0 Å². The fraction of sp³-hybridized carbons (Fsp3) is 0.273. The second kappa shape index (κ2) is 5.74. The summed E-state index contributed by atoms with van der Waals surface area (Å²) >= 11 is 0. The predicted molar refractivity (Wildman–Crippen MR) is 58.1 cm³/mol. The van der Waals surface area contributed by atoms with Crippen molar-refractivity contribution in [2.75, 3.05) is 20.8 Å². The van der Waals surface area contributed by atoms with Crippen LogP contribution in [-0.4, -0.2) is 38.2 Å². The number of methoxy groups -OCH3 is 2. The van der Waals surface area contributed by atoms with Crippen LogP contribution in [0.25, 0.3) is 0 Å². The second-order valence-electron chi connectivity index (χ2n) is 3.05. The Hall–Kier alpha value is -2.24. The number of hydrogen-bond acceptors (Lipinski definition) is 5. The van der Waals surface area contributed by atoms with Crippen LogP contribution < -0.4 is 14.2 Å². The van der Waals surface area contributed by atoms with Gasteiger partial charge in [-0.25, -0.2) is 4.79 Å². The third-order valence-corrected chi connectivity index (χ3v) is 1.98. The Morgan fingerprint density at radius 1 is 1.35 bits per heavy atom. The van der Waals surface area contributed by atoms with Crippen LogP contribution >= 0.6 is 0 Å². The van der Waals surface area contributed by atoms with Crippen LogP contribution in [0.2, 0.25) is 0 Å². The van der Waals surface area contributed by atoms with E-state index in [1.807, 2.05) is 0 Å². The van der Waals surface area contributed by atoms with Crippen molar-refractivity contribution >= 4 is 12.3 Å². The Labute approximate surface area is 97.7 Å². The minimum atomic E-state index is -1.14. The summed E-state index contributed by atoms with van der Waals surface area (Å²) in [4.78, 5) is 21.3. The van der Waals surface area contributed by atoms with Crippen LogP contribution in [0, 0.1) is 0 Å². The molecule has 0 aliphatic heterocycles. The van der Waals surface area contributed by atoms with Crippen molar-refractivity contribution in [1.82, 2.24) is 0 Å². The molecule has 0 saturated carbocycles. The Balaban J connectivity index is 3.14. The van der Waals surface area contributed by atoms with E-state index in [1.165, 1.54) is 26.4 Å². The SMILES string of the molecule is COc1cc(C=O)c(OCC(=O)O)c(OC)c1. The van der Waals surface area contributed by atoms with E-state index < -0.39 is 12.6 Å². The average Bonchev–Trinajstić information content (AvgIpc) is 2.34. The van der Waals surface area contributed by atoms with Crippen LogP contribution in [-0.2, 0) is 4.79 Å². The fourth-order valence-electron chi connectivity index (χ4n) is 1.24. The number of ether oxygens (including phenoxy) is 3. The Morgan fingerprint density at radius 2 is 2.06 bits per heavy atom. The van der Waals surface area contributed by atoms with Gasteiger partial charge in [0.05, 0.1) is 19.8 Å². The quantitative estimate of drug-likeness (QED) is 0.746. The molecule has 1 aromatic carbocycles. The predicted octanol–water partition coefficient (Wildman–Crippen LogP) is 0.980. The van der Waals surface area contributed by atoms with Crippen LogP contribution in [0.5, 0.6) is 17.2 Å². The summed E-state index contributed by atoms with van der Waals surface area (Å²) in [5.74, 6) is -0.384. The molecule has 1 aromatic rings. The van der Waals surface area contributed by atoms with E-state index >= 15 is 0 Å². The molecule has 0 amide bonds. The molecule has 1 rings (SSSR count). The van der Waals surface area contributed by atoms with Crippen LogP contribution in [0.4, 0.5) is 0 Å². The van der Waals surface area contributed by atoms with Crippen LogP contribution in [0.1, 0.15) is 10.4 Å². The highest BCUT2D eigenvalue weighted by molar-refractivity contribution is 5.82. The molecule has 0 radical (unpaired) electrons. The Morgan fingerprint density at radius 3 is 2.53 bits per heavy atom. The lowest BCUT2D eigenvalue weighted by Gasteiger charge is -2.12. The van der Waals surface area contributed by atoms with Gasteiger partial charge in [0.25, 0.3) is 0 Å². The maximum Gasteiger partial charge on any atom is 0.341 e. The molecule has 1 N–H and O–H groups in total. The fourth-order valence-corrected chi connectivity index (χ4v) is 1.24. The number of carbonyl (C=O) groups is 2. The summed E-state index contributed by atoms with van der Waals surface area (Å²) in [5.41, 5.74) is 0.169. The molecule has 0 spiro atoms. The van der Waals surface area contributed by atoms with Crippen molar-refractivity contribution in [1.29, 1.82) is 0 Å². The third-order valence-electron chi connectivity index (χ3n) is 1.98. The first-order valence-corrected chi connectivity index (χ1v) is 4.68. The van der Waals surface area contributed by atoms with Gasteiger partial charge in [0.1, 0.15) is 5.75 Å². The number of carboxylic acids is 1. The first kappa shape index (κ1) is 12.8. The largest absolute Gasteiger partial charge is 0.497 e. The maximum absolute atomic E-state index is 10.9. The van der Waals surface area contributed by atoms with Gasteiger partial charge in [-0.15, -0.1) is 0 Å². The highest BCUT2D eigenvalue weighted by Crippen LogP contribution is 2.34. The minimum absolute atomic E-state index is 0.0886. The van der Waals surface area contributed by atoms with Gasteiger partial charge in [-0.05, 0) is 6.07 Å². The third kappa shape index (κ3) is 3.10. The number of aliphatic carboxylic acids is 1. The monoisotopic (exact) mass is 240 g/mol. The summed E-state index contributed by atoms with van der Waals surface area (Å²) < 4.78 is 15.0. The Bertz CT molecular complexity index is 426. The molecule has 92 valence electrons. The zero-order valence-electron chi connectivity index (χ0n) is 9.43. The van der Waals surface area contributed by atoms with Crippen molar-refractivity contribution in [3.63, 3.8) is 0 Å². The van der Waals surface area contributed by atoms with Crippen molar-refractivity contribution in [3.8, 4) is 17.2 Å². The number of carboxylic acid groups (broad SMARTS) is 1. The first-order chi connectivity index (χ1) is 8.12. The number of benzene rings is 1. The van der Waals surface area contributed by atoms with Crippen molar-refractivity contribution < 1.29 is 28.9 Å². The van der Waals surface area contributed by atoms with Crippen LogP contribution in [0.15, 0.2) is 12.1 Å². The van der Waals surface area contributed by atoms with Gasteiger partial charge in [0, 0.05) is 6.07 Å². The second-order valence-corrected chi connectivity index (χ2v) is 3.05. The van der Waals surface area contributed by atoms with E-state index in [0.717, 1.165) is 0 Å². The Kier molecular flexibility index (Phi) is 4.33. The molecule has 0 aliphatic carbocycles. The van der Waals surface area contributed by atoms with Gasteiger partial charge >= 0.3 is 5.97 Å². The molecule has 6 heteroatoms. The lowest BCUT2D eigenvalue weighted by molar-refractivity contribution is -0.139. The summed E-state index contributed by atoms with van der Waals surface area (Å²) in [6.07, 6.45) is 0.544. The smallest absolute Gasteiger partial charge is 0.341 e. The minimum Gasteiger partial charge on any atom is -0.497 e. The number of rotatable bonds is 6. The highest BCUT2D eigenvalue weighted by atomic mass is 16.5. The normalized spacial score (nSPS) is 9.53. The molecule has 0 fully saturated rings. The lowest BCUT2D eigenvalue weighted by atomic mass is 10.2. The molecule has 6 nitrogen and oxygen atoms in total. The summed E-state index contributed by atoms with van der Waals surface area (Å²) in [6, 6.07) is 2.94. The molecule has 17 heavy (non-hydrogen) atoms. The molecule has 0 heterocycles. The van der Waals surface area contributed by atoms with Gasteiger partial charge in [-0.1, -0.05) is 0 Å². The molecule has 0 atom stereocenters. The van der Waals surface area contributed by atoms with E-state index in [4.69, 9.17) is 19.3 Å². The maximum atomic E-state index is 10.9. The van der Waals surface area contributed by atoms with Crippen LogP contribution in [0.3, 0.4) is 0 Å². The van der Waals surface area contributed by atoms with E-state index in [0.29, 0.717) is 12.0 Å². The summed E-state index contributed by atoms with van der Waals surface area (Å²) in [6.45, 7) is -0.552. The molecule has 0 unspecified atom stereocenters. The van der Waals surface area contributed by atoms with Gasteiger partial charge in [-0.2, -0.15) is 0 Å². The average molecular weight is 240 g/mol. The molecule has 0 saturated heterocycles. The molecular formula is C11H12O6. The zero-order chi connectivity index (χ0) is 12.8. The summed E-state index contributed by atoms with van der Waals surface area (Å²) in [5, 5.41) is 8.52. The van der Waals surface area contributed by atoms with Crippen molar-refractivity contribution in [2.45, 2.75) is 0 Å². The number of carbonyl (C=O) groups excluding carboxylic acids is 1. The summed E-state index contributed by atoms with van der Waals surface area (Å²) in [7, 11) is 2.83. The number of hydrogen-bond donors (Lipinski definition) is 1. The highest BCUT2D eigenvalue weighted by Gasteiger charge is 2.14. The van der Waals surface area contributed by atoms with E-state index in [9.17, 15) is 9.59 Å². The standard InChI is InChI=1S/C11H12O6/c1-15-8-3-7(5-12)11(9(4-8)16-2)17-6-10(13)14/h3-5H,6H2,1-2H3,(H,13,14). The van der Waals surface area contributed by atoms with Gasteiger partial charge < -0.3 is 19.3 Å². The van der Waals surface area contributed by atoms with Crippen molar-refractivity contribution in [2.24, 2.45) is 0 Å². The molecule has 0 aromatic heterocycles.